The summed E-state index contributed by atoms with van der Waals surface area (Å²) in [7, 11) is 0. The molecule has 0 spiro atoms. The van der Waals surface area contributed by atoms with Crippen molar-refractivity contribution in [2.45, 2.75) is 13.3 Å². The molecule has 0 aliphatic carbocycles. The van der Waals surface area contributed by atoms with Crippen molar-refractivity contribution in [3.05, 3.63) is 98.8 Å². The molecule has 0 aliphatic rings. The van der Waals surface area contributed by atoms with E-state index in [-0.39, 0.29) is 16.9 Å². The third kappa shape index (κ3) is 4.28. The molecule has 0 amide bonds. The van der Waals surface area contributed by atoms with Gasteiger partial charge in [-0.15, -0.1) is 0 Å². The van der Waals surface area contributed by atoms with E-state index in [1.54, 1.807) is 36.4 Å². The number of ether oxygens (including phenoxy) is 2. The van der Waals surface area contributed by atoms with Crippen LogP contribution in [0.15, 0.2) is 86.7 Å². The van der Waals surface area contributed by atoms with E-state index in [0.717, 1.165) is 10.9 Å². The second-order valence-corrected chi connectivity index (χ2v) is 7.50. The highest BCUT2D eigenvalue weighted by molar-refractivity contribution is 9.10. The van der Waals surface area contributed by atoms with Gasteiger partial charge < -0.3 is 13.9 Å². The maximum absolute atomic E-state index is 12.7. The summed E-state index contributed by atoms with van der Waals surface area (Å²) in [5, 5.41) is 0.334. The fraction of sp³-hybridized carbons (Fsp3) is 0.0833. The lowest BCUT2D eigenvalue weighted by atomic mass is 10.2. The van der Waals surface area contributed by atoms with Gasteiger partial charge in [0.2, 0.25) is 11.2 Å². The second-order valence-electron chi connectivity index (χ2n) is 6.58. The molecule has 0 saturated heterocycles. The summed E-state index contributed by atoms with van der Waals surface area (Å²) in [4.78, 5) is 25.0. The van der Waals surface area contributed by atoms with Crippen LogP contribution in [0.3, 0.4) is 0 Å². The van der Waals surface area contributed by atoms with Gasteiger partial charge in [-0.05, 0) is 60.5 Å². The van der Waals surface area contributed by atoms with Crippen LogP contribution in [0.1, 0.15) is 22.8 Å². The van der Waals surface area contributed by atoms with E-state index in [2.05, 4.69) is 22.9 Å². The van der Waals surface area contributed by atoms with E-state index in [1.807, 2.05) is 24.3 Å². The number of benzene rings is 3. The van der Waals surface area contributed by atoms with Crippen LogP contribution in [-0.4, -0.2) is 5.97 Å². The fourth-order valence-electron chi connectivity index (χ4n) is 2.90. The van der Waals surface area contributed by atoms with Gasteiger partial charge in [0.15, 0.2) is 0 Å². The minimum absolute atomic E-state index is 0.0892. The van der Waals surface area contributed by atoms with Gasteiger partial charge >= 0.3 is 5.97 Å². The molecule has 4 aromatic rings. The number of halogens is 1. The topological polar surface area (TPSA) is 65.7 Å². The lowest BCUT2D eigenvalue weighted by Gasteiger charge is -2.08. The number of hydrogen-bond acceptors (Lipinski definition) is 5. The SMILES string of the molecule is CCc1ccc(Oc2coc3cc(OC(=O)c4ccc(Br)cc4)ccc3c2=O)cc1. The molecule has 1 aromatic heterocycles. The van der Waals surface area contributed by atoms with Gasteiger partial charge in [-0.3, -0.25) is 4.79 Å². The molecule has 1 heterocycles. The minimum atomic E-state index is -0.500. The van der Waals surface area contributed by atoms with Crippen molar-refractivity contribution in [3.8, 4) is 17.2 Å². The highest BCUT2D eigenvalue weighted by Gasteiger charge is 2.13. The first kappa shape index (κ1) is 19.9. The lowest BCUT2D eigenvalue weighted by molar-refractivity contribution is 0.0735. The van der Waals surface area contributed by atoms with Crippen LogP contribution in [0, 0.1) is 0 Å². The predicted octanol–water partition coefficient (Wildman–Crippen LogP) is 6.13. The van der Waals surface area contributed by atoms with E-state index in [4.69, 9.17) is 13.9 Å². The Hall–Kier alpha value is -3.38. The van der Waals surface area contributed by atoms with Crippen LogP contribution in [0.5, 0.6) is 17.2 Å². The van der Waals surface area contributed by atoms with E-state index in [0.29, 0.717) is 22.3 Å². The Morgan fingerprint density at radius 1 is 0.967 bits per heavy atom. The Morgan fingerprint density at radius 2 is 1.67 bits per heavy atom. The van der Waals surface area contributed by atoms with Crippen molar-refractivity contribution in [2.24, 2.45) is 0 Å². The van der Waals surface area contributed by atoms with Gasteiger partial charge in [-0.25, -0.2) is 4.79 Å². The molecule has 30 heavy (non-hydrogen) atoms. The molecule has 0 saturated carbocycles. The van der Waals surface area contributed by atoms with Crippen molar-refractivity contribution < 1.29 is 18.7 Å². The largest absolute Gasteiger partial charge is 0.460 e. The molecular formula is C24H17BrO5. The first-order valence-corrected chi connectivity index (χ1v) is 10.1. The first-order valence-electron chi connectivity index (χ1n) is 9.33. The number of carbonyl (C=O) groups is 1. The van der Waals surface area contributed by atoms with Crippen LogP contribution in [0.4, 0.5) is 0 Å². The molecule has 0 radical (unpaired) electrons. The zero-order chi connectivity index (χ0) is 21.1. The lowest BCUT2D eigenvalue weighted by Crippen LogP contribution is -2.09. The molecule has 3 aromatic carbocycles. The van der Waals surface area contributed by atoms with Crippen molar-refractivity contribution in [3.63, 3.8) is 0 Å². The Kier molecular flexibility index (Phi) is 5.68. The molecule has 0 fully saturated rings. The summed E-state index contributed by atoms with van der Waals surface area (Å²) in [6.45, 7) is 2.07. The molecule has 0 atom stereocenters. The summed E-state index contributed by atoms with van der Waals surface area (Å²) in [5.41, 5.74) is 1.59. The molecule has 0 unspecified atom stereocenters. The summed E-state index contributed by atoms with van der Waals surface area (Å²) in [5.74, 6) is 0.423. The molecule has 0 aliphatic heterocycles. The molecule has 150 valence electrons. The van der Waals surface area contributed by atoms with Crippen LogP contribution >= 0.6 is 15.9 Å². The van der Waals surface area contributed by atoms with Gasteiger partial charge in [-0.1, -0.05) is 35.0 Å². The first-order chi connectivity index (χ1) is 14.5. The van der Waals surface area contributed by atoms with Crippen molar-refractivity contribution in [1.82, 2.24) is 0 Å². The summed E-state index contributed by atoms with van der Waals surface area (Å²) in [6.07, 6.45) is 2.19. The third-order valence-corrected chi connectivity index (χ3v) is 5.09. The van der Waals surface area contributed by atoms with E-state index < -0.39 is 5.97 Å². The monoisotopic (exact) mass is 464 g/mol. The Labute approximate surface area is 181 Å². The molecule has 0 bridgehead atoms. The van der Waals surface area contributed by atoms with Crippen LogP contribution in [-0.2, 0) is 6.42 Å². The van der Waals surface area contributed by atoms with Crippen LogP contribution < -0.4 is 14.9 Å². The highest BCUT2D eigenvalue weighted by Crippen LogP contribution is 2.25. The quantitative estimate of drug-likeness (QED) is 0.262. The average Bonchev–Trinajstić information content (AvgIpc) is 2.76. The number of rotatable bonds is 5. The number of carbonyl (C=O) groups excluding carboxylic acids is 1. The van der Waals surface area contributed by atoms with Crippen molar-refractivity contribution in [2.75, 3.05) is 0 Å². The zero-order valence-corrected chi connectivity index (χ0v) is 17.6. The maximum atomic E-state index is 12.7. The van der Waals surface area contributed by atoms with Crippen LogP contribution in [0.25, 0.3) is 11.0 Å². The normalized spacial score (nSPS) is 10.7. The van der Waals surface area contributed by atoms with E-state index in [9.17, 15) is 9.59 Å². The average molecular weight is 465 g/mol. The van der Waals surface area contributed by atoms with Gasteiger partial charge in [0, 0.05) is 10.5 Å². The molecule has 4 rings (SSSR count). The van der Waals surface area contributed by atoms with Gasteiger partial charge in [-0.2, -0.15) is 0 Å². The smallest absolute Gasteiger partial charge is 0.343 e. The standard InChI is InChI=1S/C24H17BrO5/c1-2-15-3-9-18(10-4-15)29-22-14-28-21-13-19(11-12-20(21)23(22)26)30-24(27)16-5-7-17(25)8-6-16/h3-14H,2H2,1H3. The highest BCUT2D eigenvalue weighted by atomic mass is 79.9. The van der Waals surface area contributed by atoms with Gasteiger partial charge in [0.25, 0.3) is 0 Å². The summed E-state index contributed by atoms with van der Waals surface area (Å²) >= 11 is 3.32. The molecule has 5 nitrogen and oxygen atoms in total. The number of aryl methyl sites for hydroxylation is 1. The fourth-order valence-corrected chi connectivity index (χ4v) is 3.16. The molecule has 0 N–H and O–H groups in total. The third-order valence-electron chi connectivity index (χ3n) is 4.56. The van der Waals surface area contributed by atoms with Crippen molar-refractivity contribution >= 4 is 32.9 Å². The van der Waals surface area contributed by atoms with E-state index in [1.165, 1.54) is 17.9 Å². The zero-order valence-electron chi connectivity index (χ0n) is 16.1. The second kappa shape index (κ2) is 8.55. The Morgan fingerprint density at radius 3 is 2.37 bits per heavy atom. The number of esters is 1. The summed E-state index contributed by atoms with van der Waals surface area (Å²) < 4.78 is 17.5. The Balaban J connectivity index is 1.56. The predicted molar refractivity (Wildman–Crippen MR) is 117 cm³/mol. The molecular weight excluding hydrogens is 448 g/mol. The van der Waals surface area contributed by atoms with Crippen molar-refractivity contribution in [1.29, 1.82) is 0 Å². The molecule has 6 heteroatoms. The van der Waals surface area contributed by atoms with Gasteiger partial charge in [0.05, 0.1) is 10.9 Å². The van der Waals surface area contributed by atoms with Gasteiger partial charge in [0.1, 0.15) is 23.3 Å². The number of hydrogen-bond donors (Lipinski definition) is 0. The number of fused-ring (bicyclic) bond motifs is 1. The van der Waals surface area contributed by atoms with Crippen LogP contribution in [0.2, 0.25) is 0 Å². The van der Waals surface area contributed by atoms with E-state index >= 15 is 0 Å². The minimum Gasteiger partial charge on any atom is -0.460 e. The Bertz CT molecular complexity index is 1260. The maximum Gasteiger partial charge on any atom is 0.343 e. The summed E-state index contributed by atoms with van der Waals surface area (Å²) in [6, 6.07) is 19.0.